The topological polar surface area (TPSA) is 44.1 Å². The highest BCUT2D eigenvalue weighted by Crippen LogP contribution is 2.14. The number of aromatic nitrogens is 2. The average molecular weight is 164 g/mol. The second kappa shape index (κ2) is 2.48. The van der Waals surface area contributed by atoms with Crippen LogP contribution in [-0.4, -0.2) is 22.6 Å². The SMILES string of the molecule is COC(=O)c1ncc2n1CC=C2. The first-order chi connectivity index (χ1) is 5.83. The van der Waals surface area contributed by atoms with Gasteiger partial charge in [-0.15, -0.1) is 0 Å². The van der Waals surface area contributed by atoms with E-state index in [-0.39, 0.29) is 5.97 Å². The monoisotopic (exact) mass is 164 g/mol. The highest BCUT2D eigenvalue weighted by Gasteiger charge is 2.17. The number of hydrogen-bond donors (Lipinski definition) is 0. The maximum atomic E-state index is 11.1. The van der Waals surface area contributed by atoms with Crippen LogP contribution in [0.3, 0.4) is 0 Å². The molecule has 0 atom stereocenters. The molecule has 0 unspecified atom stereocenters. The molecule has 62 valence electrons. The smallest absolute Gasteiger partial charge is 0.374 e. The van der Waals surface area contributed by atoms with E-state index in [1.807, 2.05) is 16.7 Å². The third kappa shape index (κ3) is 0.845. The van der Waals surface area contributed by atoms with Crippen LogP contribution < -0.4 is 0 Å². The number of nitrogens with zero attached hydrogens (tertiary/aromatic N) is 2. The van der Waals surface area contributed by atoms with Crippen LogP contribution in [0.5, 0.6) is 0 Å². The predicted octanol–water partition coefficient (Wildman–Crippen LogP) is 0.697. The van der Waals surface area contributed by atoms with Gasteiger partial charge >= 0.3 is 5.97 Å². The van der Waals surface area contributed by atoms with Gasteiger partial charge in [0.2, 0.25) is 5.82 Å². The summed E-state index contributed by atoms with van der Waals surface area (Å²) in [6.45, 7) is 0.708. The lowest BCUT2D eigenvalue weighted by atomic mass is 10.5. The van der Waals surface area contributed by atoms with Gasteiger partial charge in [-0.2, -0.15) is 0 Å². The first-order valence-corrected chi connectivity index (χ1v) is 3.63. The molecule has 4 heteroatoms. The Morgan fingerprint density at radius 1 is 1.75 bits per heavy atom. The minimum Gasteiger partial charge on any atom is -0.463 e. The fraction of sp³-hybridized carbons (Fsp3) is 0.250. The predicted molar refractivity (Wildman–Crippen MR) is 42.6 cm³/mol. The number of carbonyl (C=O) groups excluding carboxylic acids is 1. The van der Waals surface area contributed by atoms with Gasteiger partial charge in [-0.3, -0.25) is 0 Å². The van der Waals surface area contributed by atoms with Crippen LogP contribution in [0.15, 0.2) is 12.3 Å². The summed E-state index contributed by atoms with van der Waals surface area (Å²) in [5, 5.41) is 0. The molecule has 0 N–H and O–H groups in total. The molecule has 0 spiro atoms. The normalized spacial score (nSPS) is 13.1. The zero-order chi connectivity index (χ0) is 8.55. The summed E-state index contributed by atoms with van der Waals surface area (Å²) in [4.78, 5) is 15.0. The molecule has 0 saturated carbocycles. The largest absolute Gasteiger partial charge is 0.463 e. The molecule has 1 aliphatic rings. The molecule has 0 fully saturated rings. The number of fused-ring (bicyclic) bond motifs is 1. The van der Waals surface area contributed by atoms with Crippen molar-refractivity contribution in [3.63, 3.8) is 0 Å². The first kappa shape index (κ1) is 7.09. The molecule has 4 nitrogen and oxygen atoms in total. The average Bonchev–Trinajstić information content (AvgIpc) is 2.62. The fourth-order valence-corrected chi connectivity index (χ4v) is 1.25. The number of methoxy groups -OCH3 is 1. The number of ether oxygens (including phenoxy) is 1. The van der Waals surface area contributed by atoms with Crippen molar-refractivity contribution >= 4 is 12.0 Å². The minimum absolute atomic E-state index is 0.373. The van der Waals surface area contributed by atoms with Gasteiger partial charge in [0.1, 0.15) is 0 Å². The molecule has 2 heterocycles. The van der Waals surface area contributed by atoms with Gasteiger partial charge in [0.25, 0.3) is 0 Å². The molecular formula is C8H8N2O2. The Labute approximate surface area is 69.5 Å². The minimum atomic E-state index is -0.384. The lowest BCUT2D eigenvalue weighted by molar-refractivity contribution is 0.0582. The molecule has 12 heavy (non-hydrogen) atoms. The summed E-state index contributed by atoms with van der Waals surface area (Å²) in [5.41, 5.74) is 0.954. The van der Waals surface area contributed by atoms with Crippen LogP contribution in [0.4, 0.5) is 0 Å². The van der Waals surface area contributed by atoms with Crippen molar-refractivity contribution < 1.29 is 9.53 Å². The molecule has 1 aromatic heterocycles. The van der Waals surface area contributed by atoms with Crippen LogP contribution in [0, 0.1) is 0 Å². The molecule has 0 saturated heterocycles. The highest BCUT2D eigenvalue weighted by molar-refractivity contribution is 5.86. The second-order valence-corrected chi connectivity index (χ2v) is 2.51. The summed E-state index contributed by atoms with van der Waals surface area (Å²) in [6, 6.07) is 0. The van der Waals surface area contributed by atoms with Gasteiger partial charge in [0.05, 0.1) is 19.0 Å². The van der Waals surface area contributed by atoms with Crippen molar-refractivity contribution in [3.8, 4) is 0 Å². The maximum absolute atomic E-state index is 11.1. The molecule has 0 amide bonds. The molecular weight excluding hydrogens is 156 g/mol. The zero-order valence-electron chi connectivity index (χ0n) is 6.65. The van der Waals surface area contributed by atoms with Crippen molar-refractivity contribution in [2.24, 2.45) is 0 Å². The number of imidazole rings is 1. The third-order valence-corrected chi connectivity index (χ3v) is 1.83. The second-order valence-electron chi connectivity index (χ2n) is 2.51. The fourth-order valence-electron chi connectivity index (χ4n) is 1.25. The molecule has 0 radical (unpaired) electrons. The standard InChI is InChI=1S/C8H8N2O2/c1-12-8(11)7-9-5-6-3-2-4-10(6)7/h2-3,5H,4H2,1H3. The van der Waals surface area contributed by atoms with E-state index in [1.165, 1.54) is 7.11 Å². The Morgan fingerprint density at radius 2 is 2.58 bits per heavy atom. The van der Waals surface area contributed by atoms with Gasteiger partial charge in [0, 0.05) is 6.54 Å². The van der Waals surface area contributed by atoms with E-state index < -0.39 is 0 Å². The van der Waals surface area contributed by atoms with E-state index in [0.29, 0.717) is 12.4 Å². The molecule has 1 aromatic rings. The van der Waals surface area contributed by atoms with E-state index >= 15 is 0 Å². The van der Waals surface area contributed by atoms with E-state index in [1.54, 1.807) is 6.20 Å². The Hall–Kier alpha value is -1.58. The van der Waals surface area contributed by atoms with Crippen LogP contribution in [0.2, 0.25) is 0 Å². The van der Waals surface area contributed by atoms with Crippen molar-refractivity contribution in [2.45, 2.75) is 6.54 Å². The Bertz CT molecular complexity index is 352. The summed E-state index contributed by atoms with van der Waals surface area (Å²) >= 11 is 0. The zero-order valence-corrected chi connectivity index (χ0v) is 6.65. The lowest BCUT2D eigenvalue weighted by Gasteiger charge is -2.00. The summed E-state index contributed by atoms with van der Waals surface area (Å²) in [6.07, 6.45) is 5.57. The number of allylic oxidation sites excluding steroid dienone is 1. The number of esters is 1. The highest BCUT2D eigenvalue weighted by atomic mass is 16.5. The maximum Gasteiger partial charge on any atom is 0.374 e. The Kier molecular flexibility index (Phi) is 1.46. The summed E-state index contributed by atoms with van der Waals surface area (Å²) in [5.74, 6) is -0.0116. The number of carbonyl (C=O) groups is 1. The number of rotatable bonds is 1. The Morgan fingerprint density at radius 3 is 3.33 bits per heavy atom. The van der Waals surface area contributed by atoms with Crippen LogP contribution >= 0.6 is 0 Å². The molecule has 0 aliphatic carbocycles. The molecule has 0 bridgehead atoms. The Balaban J connectivity index is 2.42. The van der Waals surface area contributed by atoms with Crippen molar-refractivity contribution in [1.29, 1.82) is 0 Å². The molecule has 1 aliphatic heterocycles. The van der Waals surface area contributed by atoms with Gasteiger partial charge in [0.15, 0.2) is 0 Å². The summed E-state index contributed by atoms with van der Waals surface area (Å²) < 4.78 is 6.38. The van der Waals surface area contributed by atoms with Gasteiger partial charge in [-0.05, 0) is 6.08 Å². The van der Waals surface area contributed by atoms with Crippen LogP contribution in [-0.2, 0) is 11.3 Å². The van der Waals surface area contributed by atoms with Gasteiger partial charge < -0.3 is 9.30 Å². The van der Waals surface area contributed by atoms with Crippen LogP contribution in [0.25, 0.3) is 6.08 Å². The van der Waals surface area contributed by atoms with Gasteiger partial charge in [-0.25, -0.2) is 9.78 Å². The van der Waals surface area contributed by atoms with E-state index in [9.17, 15) is 4.79 Å². The molecule has 2 rings (SSSR count). The lowest BCUT2D eigenvalue weighted by Crippen LogP contribution is -2.10. The molecule has 0 aromatic carbocycles. The van der Waals surface area contributed by atoms with E-state index in [0.717, 1.165) is 5.69 Å². The number of hydrogen-bond acceptors (Lipinski definition) is 3. The van der Waals surface area contributed by atoms with Crippen molar-refractivity contribution in [1.82, 2.24) is 9.55 Å². The van der Waals surface area contributed by atoms with Crippen molar-refractivity contribution in [3.05, 3.63) is 23.8 Å². The third-order valence-electron chi connectivity index (χ3n) is 1.83. The van der Waals surface area contributed by atoms with Gasteiger partial charge in [-0.1, -0.05) is 6.08 Å². The quantitative estimate of drug-likeness (QED) is 0.574. The van der Waals surface area contributed by atoms with E-state index in [4.69, 9.17) is 0 Å². The van der Waals surface area contributed by atoms with Crippen molar-refractivity contribution in [2.75, 3.05) is 7.11 Å². The van der Waals surface area contributed by atoms with E-state index in [2.05, 4.69) is 9.72 Å². The van der Waals surface area contributed by atoms with Crippen LogP contribution in [0.1, 0.15) is 16.3 Å². The first-order valence-electron chi connectivity index (χ1n) is 3.63. The summed E-state index contributed by atoms with van der Waals surface area (Å²) in [7, 11) is 1.35.